The summed E-state index contributed by atoms with van der Waals surface area (Å²) in [6, 6.07) is 8.38. The zero-order valence-electron chi connectivity index (χ0n) is 14.7. The molecular formula is C19H22N4O3. The minimum absolute atomic E-state index is 0.00833. The number of nitrogens with one attached hydrogen (secondary N) is 2. The molecule has 136 valence electrons. The predicted molar refractivity (Wildman–Crippen MR) is 99.9 cm³/mol. The number of para-hydroxylation sites is 2. The highest BCUT2D eigenvalue weighted by atomic mass is 16.2. The molecule has 1 fully saturated rings. The molecule has 7 nitrogen and oxygen atoms in total. The summed E-state index contributed by atoms with van der Waals surface area (Å²) in [5.74, 6) is 0.00833. The van der Waals surface area contributed by atoms with Gasteiger partial charge in [-0.25, -0.2) is 4.79 Å². The number of H-pyrrole nitrogens is 2. The maximum atomic E-state index is 12.9. The molecule has 2 aromatic rings. The third-order valence-corrected chi connectivity index (χ3v) is 5.40. The van der Waals surface area contributed by atoms with Gasteiger partial charge in [0, 0.05) is 36.8 Å². The molecule has 0 aliphatic carbocycles. The standard InChI is InChI=1S/C19H22N4O3/c1-12-14(18(25)21-19(26)20-12)8-9-17(24)23-11-13-5-4-10-22(13)15-6-2-3-7-16(15)23/h2-3,6-7,13H,4-5,8-11H2,1H3,(H2,20,21,25,26). The normalized spacial score (nSPS) is 18.6. The van der Waals surface area contributed by atoms with Gasteiger partial charge in [0.15, 0.2) is 0 Å². The van der Waals surface area contributed by atoms with Crippen molar-refractivity contribution in [1.82, 2.24) is 9.97 Å². The zero-order chi connectivity index (χ0) is 18.3. The van der Waals surface area contributed by atoms with Crippen molar-refractivity contribution in [3.8, 4) is 0 Å². The van der Waals surface area contributed by atoms with Crippen LogP contribution < -0.4 is 21.0 Å². The maximum Gasteiger partial charge on any atom is 0.325 e. The number of aryl methyl sites for hydroxylation is 1. The zero-order valence-corrected chi connectivity index (χ0v) is 14.7. The molecule has 1 aromatic heterocycles. The van der Waals surface area contributed by atoms with Crippen LogP contribution >= 0.6 is 0 Å². The number of nitrogens with zero attached hydrogens (tertiary/aromatic N) is 2. The lowest BCUT2D eigenvalue weighted by atomic mass is 10.1. The molecule has 0 spiro atoms. The van der Waals surface area contributed by atoms with Gasteiger partial charge in [-0.1, -0.05) is 12.1 Å². The highest BCUT2D eigenvalue weighted by Gasteiger charge is 2.35. The number of rotatable bonds is 3. The third kappa shape index (κ3) is 2.83. The Morgan fingerprint density at radius 1 is 1.19 bits per heavy atom. The van der Waals surface area contributed by atoms with Crippen LogP contribution in [0.4, 0.5) is 11.4 Å². The number of amides is 1. The first-order chi connectivity index (χ1) is 12.5. The van der Waals surface area contributed by atoms with Gasteiger partial charge < -0.3 is 14.8 Å². The Morgan fingerprint density at radius 2 is 1.96 bits per heavy atom. The Bertz CT molecular complexity index is 962. The first-order valence-electron chi connectivity index (χ1n) is 9.02. The summed E-state index contributed by atoms with van der Waals surface area (Å²) in [5.41, 5.74) is 2.11. The monoisotopic (exact) mass is 354 g/mol. The number of anilines is 2. The van der Waals surface area contributed by atoms with Gasteiger partial charge in [-0.15, -0.1) is 0 Å². The van der Waals surface area contributed by atoms with E-state index in [-0.39, 0.29) is 12.3 Å². The van der Waals surface area contributed by atoms with Crippen molar-refractivity contribution in [3.05, 3.63) is 56.4 Å². The van der Waals surface area contributed by atoms with Crippen LogP contribution in [0.2, 0.25) is 0 Å². The fourth-order valence-corrected chi connectivity index (χ4v) is 4.12. The molecule has 1 amide bonds. The lowest BCUT2D eigenvalue weighted by molar-refractivity contribution is -0.118. The molecular weight excluding hydrogens is 332 g/mol. The van der Waals surface area contributed by atoms with Crippen molar-refractivity contribution in [3.63, 3.8) is 0 Å². The van der Waals surface area contributed by atoms with Crippen LogP contribution in [0.3, 0.4) is 0 Å². The van der Waals surface area contributed by atoms with E-state index in [2.05, 4.69) is 20.9 Å². The van der Waals surface area contributed by atoms with Gasteiger partial charge in [-0.2, -0.15) is 0 Å². The lowest BCUT2D eigenvalue weighted by Crippen LogP contribution is -2.48. The summed E-state index contributed by atoms with van der Waals surface area (Å²) in [5, 5.41) is 0. The molecule has 4 rings (SSSR count). The van der Waals surface area contributed by atoms with E-state index in [1.54, 1.807) is 6.92 Å². The average Bonchev–Trinajstić information content (AvgIpc) is 3.08. The van der Waals surface area contributed by atoms with Crippen molar-refractivity contribution in [2.45, 2.75) is 38.6 Å². The van der Waals surface area contributed by atoms with Crippen LogP contribution in [0.1, 0.15) is 30.5 Å². The molecule has 0 saturated carbocycles. The summed E-state index contributed by atoms with van der Waals surface area (Å²) in [7, 11) is 0. The van der Waals surface area contributed by atoms with E-state index in [1.165, 1.54) is 0 Å². The summed E-state index contributed by atoms with van der Waals surface area (Å²) in [6.45, 7) is 3.41. The number of carbonyl (C=O) groups excluding carboxylic acids is 1. The van der Waals surface area contributed by atoms with Crippen molar-refractivity contribution >= 4 is 17.3 Å². The second-order valence-corrected chi connectivity index (χ2v) is 6.99. The van der Waals surface area contributed by atoms with Crippen molar-refractivity contribution in [2.24, 2.45) is 0 Å². The molecule has 2 N–H and O–H groups in total. The fourth-order valence-electron chi connectivity index (χ4n) is 4.12. The van der Waals surface area contributed by atoms with E-state index in [0.717, 1.165) is 30.8 Å². The largest absolute Gasteiger partial charge is 0.365 e. The molecule has 1 atom stereocenters. The van der Waals surface area contributed by atoms with Gasteiger partial charge in [0.25, 0.3) is 5.56 Å². The number of hydrogen-bond acceptors (Lipinski definition) is 4. The topological polar surface area (TPSA) is 89.3 Å². The molecule has 7 heteroatoms. The summed E-state index contributed by atoms with van der Waals surface area (Å²) >= 11 is 0. The lowest BCUT2D eigenvalue weighted by Gasteiger charge is -2.40. The van der Waals surface area contributed by atoms with Gasteiger partial charge in [-0.3, -0.25) is 14.6 Å². The summed E-state index contributed by atoms with van der Waals surface area (Å²) < 4.78 is 0. The Labute approximate surface area is 150 Å². The van der Waals surface area contributed by atoms with E-state index in [1.807, 2.05) is 23.1 Å². The van der Waals surface area contributed by atoms with E-state index < -0.39 is 11.2 Å². The molecule has 1 aromatic carbocycles. The number of aromatic nitrogens is 2. The first kappa shape index (κ1) is 16.6. The SMILES string of the molecule is Cc1[nH]c(=O)[nH]c(=O)c1CCC(=O)N1CC2CCCN2c2ccccc21. The van der Waals surface area contributed by atoms with E-state index in [4.69, 9.17) is 0 Å². The second kappa shape index (κ2) is 6.48. The molecule has 1 unspecified atom stereocenters. The van der Waals surface area contributed by atoms with Gasteiger partial charge in [0.05, 0.1) is 11.4 Å². The van der Waals surface area contributed by atoms with Crippen molar-refractivity contribution in [2.75, 3.05) is 22.9 Å². The Morgan fingerprint density at radius 3 is 2.73 bits per heavy atom. The highest BCUT2D eigenvalue weighted by molar-refractivity contribution is 5.98. The van der Waals surface area contributed by atoms with Crippen LogP contribution in [0, 0.1) is 6.92 Å². The predicted octanol–water partition coefficient (Wildman–Crippen LogP) is 1.32. The Kier molecular flexibility index (Phi) is 4.14. The van der Waals surface area contributed by atoms with Crippen LogP contribution in [0.5, 0.6) is 0 Å². The minimum atomic E-state index is -0.520. The molecule has 0 radical (unpaired) electrons. The summed E-state index contributed by atoms with van der Waals surface area (Å²) in [4.78, 5) is 45.3. The quantitative estimate of drug-likeness (QED) is 0.870. The Hall–Kier alpha value is -2.83. The number of carbonyl (C=O) groups is 1. The number of benzene rings is 1. The molecule has 2 aliphatic heterocycles. The summed E-state index contributed by atoms with van der Waals surface area (Å²) in [6.07, 6.45) is 2.78. The number of aromatic amines is 2. The van der Waals surface area contributed by atoms with Gasteiger partial charge in [0.2, 0.25) is 5.91 Å². The first-order valence-corrected chi connectivity index (χ1v) is 9.02. The molecule has 1 saturated heterocycles. The van der Waals surface area contributed by atoms with Crippen LogP contribution in [-0.2, 0) is 11.2 Å². The van der Waals surface area contributed by atoms with Gasteiger partial charge in [-0.05, 0) is 38.3 Å². The molecule has 2 aliphatic rings. The minimum Gasteiger partial charge on any atom is -0.365 e. The van der Waals surface area contributed by atoms with Crippen molar-refractivity contribution < 1.29 is 4.79 Å². The van der Waals surface area contributed by atoms with Gasteiger partial charge in [0.1, 0.15) is 0 Å². The van der Waals surface area contributed by atoms with Gasteiger partial charge >= 0.3 is 5.69 Å². The van der Waals surface area contributed by atoms with Crippen molar-refractivity contribution in [1.29, 1.82) is 0 Å². The molecule has 0 bridgehead atoms. The molecule has 26 heavy (non-hydrogen) atoms. The van der Waals surface area contributed by atoms with E-state index in [9.17, 15) is 14.4 Å². The number of fused-ring (bicyclic) bond motifs is 3. The maximum absolute atomic E-state index is 12.9. The van der Waals surface area contributed by atoms with Crippen LogP contribution in [0.15, 0.2) is 33.9 Å². The average molecular weight is 354 g/mol. The third-order valence-electron chi connectivity index (χ3n) is 5.40. The van der Waals surface area contributed by atoms with E-state index in [0.29, 0.717) is 30.3 Å². The van der Waals surface area contributed by atoms with Crippen LogP contribution in [0.25, 0.3) is 0 Å². The number of hydrogen-bond donors (Lipinski definition) is 2. The fraction of sp³-hybridized carbons (Fsp3) is 0.421. The second-order valence-electron chi connectivity index (χ2n) is 6.99. The Balaban J connectivity index is 1.56. The highest BCUT2D eigenvalue weighted by Crippen LogP contribution is 2.39. The van der Waals surface area contributed by atoms with E-state index >= 15 is 0 Å². The van der Waals surface area contributed by atoms with Crippen LogP contribution in [-0.4, -0.2) is 35.0 Å². The smallest absolute Gasteiger partial charge is 0.325 e. The molecule has 3 heterocycles.